The maximum Gasteiger partial charge on any atom is 0.329 e. The van der Waals surface area contributed by atoms with Crippen LogP contribution in [0.15, 0.2) is 40.1 Å². The van der Waals surface area contributed by atoms with Crippen molar-refractivity contribution in [3.05, 3.63) is 74.1 Å². The molecule has 0 saturated heterocycles. The number of carbonyl (C=O) groups is 2. The van der Waals surface area contributed by atoms with E-state index in [2.05, 4.69) is 20.6 Å². The summed E-state index contributed by atoms with van der Waals surface area (Å²) in [6, 6.07) is 3.92. The Kier molecular flexibility index (Phi) is 6.53. The summed E-state index contributed by atoms with van der Waals surface area (Å²) in [5, 5.41) is 5.04. The Morgan fingerprint density at radius 3 is 2.48 bits per heavy atom. The SMILES string of the molecule is CCCn1c(=O)[nH]c(=O)c2cc(C(=O)NCCNC(=O)c3ccc(F)cc3F)cnc21. The van der Waals surface area contributed by atoms with Gasteiger partial charge in [0.2, 0.25) is 0 Å². The van der Waals surface area contributed by atoms with Gasteiger partial charge in [-0.25, -0.2) is 18.6 Å². The molecule has 2 aromatic heterocycles. The second-order valence-corrected chi connectivity index (χ2v) is 6.64. The van der Waals surface area contributed by atoms with Gasteiger partial charge >= 0.3 is 5.69 Å². The van der Waals surface area contributed by atoms with Gasteiger partial charge in [-0.15, -0.1) is 0 Å². The van der Waals surface area contributed by atoms with Crippen LogP contribution in [0.5, 0.6) is 0 Å². The van der Waals surface area contributed by atoms with Crippen molar-refractivity contribution < 1.29 is 18.4 Å². The molecule has 0 unspecified atom stereocenters. The highest BCUT2D eigenvalue weighted by atomic mass is 19.1. The number of aromatic nitrogens is 3. The number of amides is 2. The zero-order valence-corrected chi connectivity index (χ0v) is 16.5. The summed E-state index contributed by atoms with van der Waals surface area (Å²) in [6.07, 6.45) is 1.90. The molecule has 0 aliphatic carbocycles. The highest BCUT2D eigenvalue weighted by Crippen LogP contribution is 2.10. The lowest BCUT2D eigenvalue weighted by Gasteiger charge is -2.10. The molecule has 0 spiro atoms. The van der Waals surface area contributed by atoms with Gasteiger partial charge in [0.15, 0.2) is 0 Å². The first kappa shape index (κ1) is 21.8. The summed E-state index contributed by atoms with van der Waals surface area (Å²) in [5.41, 5.74) is -1.26. The average molecular weight is 431 g/mol. The molecule has 2 heterocycles. The molecule has 0 aliphatic rings. The van der Waals surface area contributed by atoms with Crippen molar-refractivity contribution in [1.29, 1.82) is 0 Å². The van der Waals surface area contributed by atoms with Gasteiger partial charge in [-0.05, 0) is 24.6 Å². The number of carbonyl (C=O) groups excluding carboxylic acids is 2. The van der Waals surface area contributed by atoms with Crippen LogP contribution < -0.4 is 21.9 Å². The van der Waals surface area contributed by atoms with Crippen LogP contribution in [-0.4, -0.2) is 39.4 Å². The van der Waals surface area contributed by atoms with Crippen LogP contribution >= 0.6 is 0 Å². The summed E-state index contributed by atoms with van der Waals surface area (Å²) in [7, 11) is 0. The fourth-order valence-corrected chi connectivity index (χ4v) is 2.95. The molecule has 0 atom stereocenters. The van der Waals surface area contributed by atoms with E-state index in [1.165, 1.54) is 16.8 Å². The molecule has 3 N–H and O–H groups in total. The Morgan fingerprint density at radius 1 is 1.10 bits per heavy atom. The van der Waals surface area contributed by atoms with E-state index in [1.807, 2.05) is 6.92 Å². The van der Waals surface area contributed by atoms with Gasteiger partial charge in [-0.2, -0.15) is 0 Å². The van der Waals surface area contributed by atoms with E-state index in [4.69, 9.17) is 0 Å². The van der Waals surface area contributed by atoms with Gasteiger partial charge in [0, 0.05) is 31.9 Å². The predicted molar refractivity (Wildman–Crippen MR) is 108 cm³/mol. The van der Waals surface area contributed by atoms with Crippen LogP contribution in [0, 0.1) is 11.6 Å². The van der Waals surface area contributed by atoms with Gasteiger partial charge in [-0.1, -0.05) is 6.92 Å². The molecule has 2 amide bonds. The molecule has 0 fully saturated rings. The molecule has 11 heteroatoms. The number of benzene rings is 1. The monoisotopic (exact) mass is 431 g/mol. The number of aromatic amines is 1. The highest BCUT2D eigenvalue weighted by Gasteiger charge is 2.14. The Labute approximate surface area is 174 Å². The second-order valence-electron chi connectivity index (χ2n) is 6.64. The van der Waals surface area contributed by atoms with Crippen molar-refractivity contribution in [1.82, 2.24) is 25.2 Å². The van der Waals surface area contributed by atoms with E-state index in [0.717, 1.165) is 12.1 Å². The lowest BCUT2D eigenvalue weighted by atomic mass is 10.2. The summed E-state index contributed by atoms with van der Waals surface area (Å²) < 4.78 is 27.8. The third kappa shape index (κ3) is 4.82. The molecule has 1 aromatic carbocycles. The lowest BCUT2D eigenvalue weighted by Crippen LogP contribution is -2.35. The van der Waals surface area contributed by atoms with Crippen LogP contribution in [0.1, 0.15) is 34.1 Å². The quantitative estimate of drug-likeness (QED) is 0.480. The zero-order valence-electron chi connectivity index (χ0n) is 16.5. The number of nitrogens with zero attached hydrogens (tertiary/aromatic N) is 2. The van der Waals surface area contributed by atoms with E-state index in [0.29, 0.717) is 19.0 Å². The van der Waals surface area contributed by atoms with Crippen LogP contribution in [0.25, 0.3) is 11.0 Å². The Morgan fingerprint density at radius 2 is 1.81 bits per heavy atom. The highest BCUT2D eigenvalue weighted by molar-refractivity contribution is 5.97. The number of pyridine rings is 1. The van der Waals surface area contributed by atoms with Gasteiger partial charge in [0.25, 0.3) is 17.4 Å². The number of fused-ring (bicyclic) bond motifs is 1. The van der Waals surface area contributed by atoms with E-state index >= 15 is 0 Å². The number of rotatable bonds is 7. The van der Waals surface area contributed by atoms with Gasteiger partial charge in [0.05, 0.1) is 16.5 Å². The Hall–Kier alpha value is -3.89. The Bertz CT molecular complexity index is 1270. The van der Waals surface area contributed by atoms with Crippen molar-refractivity contribution >= 4 is 22.8 Å². The fraction of sp³-hybridized carbons (Fsp3) is 0.250. The minimum absolute atomic E-state index is 0.0110. The fourth-order valence-electron chi connectivity index (χ4n) is 2.95. The number of H-pyrrole nitrogens is 1. The average Bonchev–Trinajstić information content (AvgIpc) is 2.73. The van der Waals surface area contributed by atoms with Gasteiger partial charge in [-0.3, -0.25) is 23.9 Å². The third-order valence-corrected chi connectivity index (χ3v) is 4.41. The van der Waals surface area contributed by atoms with E-state index in [1.54, 1.807) is 0 Å². The summed E-state index contributed by atoms with van der Waals surface area (Å²) in [4.78, 5) is 54.6. The molecule has 0 saturated carbocycles. The topological polar surface area (TPSA) is 126 Å². The van der Waals surface area contributed by atoms with Crippen molar-refractivity contribution in [2.75, 3.05) is 13.1 Å². The molecule has 0 bridgehead atoms. The van der Waals surface area contributed by atoms with Crippen LogP contribution in [0.4, 0.5) is 8.78 Å². The largest absolute Gasteiger partial charge is 0.350 e. The smallest absolute Gasteiger partial charge is 0.329 e. The molecule has 31 heavy (non-hydrogen) atoms. The number of aryl methyl sites for hydroxylation is 1. The Balaban J connectivity index is 1.65. The van der Waals surface area contributed by atoms with E-state index < -0.39 is 34.7 Å². The summed E-state index contributed by atoms with van der Waals surface area (Å²) in [5.74, 6) is -3.09. The molecule has 3 rings (SSSR count). The van der Waals surface area contributed by atoms with E-state index in [9.17, 15) is 28.0 Å². The van der Waals surface area contributed by atoms with Gasteiger partial charge < -0.3 is 10.6 Å². The normalized spacial score (nSPS) is 10.8. The molecule has 9 nitrogen and oxygen atoms in total. The lowest BCUT2D eigenvalue weighted by molar-refractivity contribution is 0.0925. The van der Waals surface area contributed by atoms with Crippen LogP contribution in [0.2, 0.25) is 0 Å². The molecule has 0 radical (unpaired) electrons. The number of nitrogens with one attached hydrogen (secondary N) is 3. The minimum atomic E-state index is -0.990. The first-order chi connectivity index (χ1) is 14.8. The van der Waals surface area contributed by atoms with Crippen molar-refractivity contribution in [2.45, 2.75) is 19.9 Å². The first-order valence-corrected chi connectivity index (χ1v) is 9.46. The third-order valence-electron chi connectivity index (χ3n) is 4.41. The van der Waals surface area contributed by atoms with Crippen molar-refractivity contribution in [3.8, 4) is 0 Å². The summed E-state index contributed by atoms with van der Waals surface area (Å²) >= 11 is 0. The maximum atomic E-state index is 13.6. The molecule has 3 aromatic rings. The zero-order chi connectivity index (χ0) is 22.5. The first-order valence-electron chi connectivity index (χ1n) is 9.46. The van der Waals surface area contributed by atoms with Crippen LogP contribution in [-0.2, 0) is 6.54 Å². The maximum absolute atomic E-state index is 13.6. The number of halogens is 2. The van der Waals surface area contributed by atoms with Crippen molar-refractivity contribution in [3.63, 3.8) is 0 Å². The molecular formula is C20H19F2N5O4. The molecular weight excluding hydrogens is 412 g/mol. The predicted octanol–water partition coefficient (Wildman–Crippen LogP) is 0.933. The number of hydrogen-bond donors (Lipinski definition) is 3. The second kappa shape index (κ2) is 9.28. The molecule has 0 aliphatic heterocycles. The van der Waals surface area contributed by atoms with Crippen LogP contribution in [0.3, 0.4) is 0 Å². The standard InChI is InChI=1S/C20H19F2N5O4/c1-2-7-27-16-14(19(30)26-20(27)31)8-11(10-25-16)17(28)23-5-6-24-18(29)13-4-3-12(21)9-15(13)22/h3-4,8-10H,2,5-7H2,1H3,(H,23,28)(H,24,29)(H,26,30,31). The molecule has 162 valence electrons. The number of hydrogen-bond acceptors (Lipinski definition) is 5. The minimum Gasteiger partial charge on any atom is -0.350 e. The van der Waals surface area contributed by atoms with Gasteiger partial charge in [0.1, 0.15) is 17.3 Å². The van der Waals surface area contributed by atoms with Crippen molar-refractivity contribution in [2.24, 2.45) is 0 Å². The summed E-state index contributed by atoms with van der Waals surface area (Å²) in [6.45, 7) is 2.23. The van der Waals surface area contributed by atoms with E-state index in [-0.39, 0.29) is 35.2 Å².